The van der Waals surface area contributed by atoms with Crippen LogP contribution in [0.15, 0.2) is 0 Å². The predicted octanol–water partition coefficient (Wildman–Crippen LogP) is 3.23. The SMILES string of the molecule is [CH2]CC(F)(F)[C@H](F)C(F)(F)CC. The molecule has 0 heterocycles. The lowest BCUT2D eigenvalue weighted by atomic mass is 10.0. The van der Waals surface area contributed by atoms with E-state index in [4.69, 9.17) is 0 Å². The van der Waals surface area contributed by atoms with Gasteiger partial charge >= 0.3 is 0 Å². The van der Waals surface area contributed by atoms with Crippen LogP contribution in [0.5, 0.6) is 0 Å². The van der Waals surface area contributed by atoms with Crippen molar-refractivity contribution in [2.75, 3.05) is 0 Å². The summed E-state index contributed by atoms with van der Waals surface area (Å²) >= 11 is 0. The lowest BCUT2D eigenvalue weighted by Crippen LogP contribution is -2.43. The molecule has 1 atom stereocenters. The maximum atomic E-state index is 12.4. The van der Waals surface area contributed by atoms with Gasteiger partial charge in [-0.2, -0.15) is 0 Å². The largest absolute Gasteiger partial charge is 0.284 e. The molecule has 0 N–H and O–H groups in total. The molecule has 12 heavy (non-hydrogen) atoms. The summed E-state index contributed by atoms with van der Waals surface area (Å²) in [5.41, 5.74) is 0. The lowest BCUT2D eigenvalue weighted by molar-refractivity contribution is -0.180. The molecular weight excluding hydrogens is 179 g/mol. The predicted molar refractivity (Wildman–Crippen MR) is 35.1 cm³/mol. The van der Waals surface area contributed by atoms with Crippen LogP contribution in [0.2, 0.25) is 0 Å². The van der Waals surface area contributed by atoms with E-state index < -0.39 is 30.9 Å². The third-order valence-corrected chi connectivity index (χ3v) is 1.55. The molecule has 0 nitrogen and oxygen atoms in total. The summed E-state index contributed by atoms with van der Waals surface area (Å²) < 4.78 is 61.7. The first kappa shape index (κ1) is 11.6. The number of hydrogen-bond donors (Lipinski definition) is 0. The minimum atomic E-state index is -4.04. The van der Waals surface area contributed by atoms with Gasteiger partial charge in [0.1, 0.15) is 0 Å². The average molecular weight is 189 g/mol. The smallest absolute Gasteiger partial charge is 0.234 e. The van der Waals surface area contributed by atoms with Crippen molar-refractivity contribution in [3.05, 3.63) is 6.92 Å². The molecule has 0 spiro atoms. The Bertz CT molecular complexity index is 127. The summed E-state index contributed by atoms with van der Waals surface area (Å²) in [4.78, 5) is 0. The third-order valence-electron chi connectivity index (χ3n) is 1.55. The van der Waals surface area contributed by atoms with Gasteiger partial charge in [0.25, 0.3) is 11.8 Å². The molecule has 0 aliphatic rings. The van der Waals surface area contributed by atoms with E-state index in [0.717, 1.165) is 6.92 Å². The molecule has 73 valence electrons. The first-order chi connectivity index (χ1) is 5.28. The van der Waals surface area contributed by atoms with Crippen molar-refractivity contribution in [3.63, 3.8) is 0 Å². The summed E-state index contributed by atoms with van der Waals surface area (Å²) in [6, 6.07) is 0. The molecule has 0 aromatic heterocycles. The van der Waals surface area contributed by atoms with E-state index in [1.54, 1.807) is 0 Å². The van der Waals surface area contributed by atoms with Crippen LogP contribution in [-0.2, 0) is 0 Å². The van der Waals surface area contributed by atoms with Crippen LogP contribution in [-0.4, -0.2) is 18.0 Å². The van der Waals surface area contributed by atoms with Crippen LogP contribution in [0.1, 0.15) is 19.8 Å². The van der Waals surface area contributed by atoms with Crippen molar-refractivity contribution >= 4 is 0 Å². The standard InChI is InChI=1S/C7H10F5/c1-3-6(9,10)5(8)7(11,12)4-2/h5H,1,3-4H2,2H3/t5-/m0/s1. The van der Waals surface area contributed by atoms with Gasteiger partial charge in [-0.3, -0.25) is 0 Å². The maximum Gasteiger partial charge on any atom is 0.284 e. The van der Waals surface area contributed by atoms with E-state index in [9.17, 15) is 22.0 Å². The fourth-order valence-corrected chi connectivity index (χ4v) is 0.615. The Morgan fingerprint density at radius 3 is 1.83 bits per heavy atom. The Hall–Kier alpha value is -0.350. The highest BCUT2D eigenvalue weighted by Crippen LogP contribution is 2.37. The zero-order valence-electron chi connectivity index (χ0n) is 6.59. The van der Waals surface area contributed by atoms with Crippen LogP contribution in [0.3, 0.4) is 0 Å². The van der Waals surface area contributed by atoms with Crippen LogP contribution in [0, 0.1) is 6.92 Å². The lowest BCUT2D eigenvalue weighted by Gasteiger charge is -2.25. The summed E-state index contributed by atoms with van der Waals surface area (Å²) in [7, 11) is 0. The number of rotatable bonds is 4. The van der Waals surface area contributed by atoms with Gasteiger partial charge in [0, 0.05) is 12.8 Å². The van der Waals surface area contributed by atoms with Crippen LogP contribution < -0.4 is 0 Å². The summed E-state index contributed by atoms with van der Waals surface area (Å²) in [6.07, 6.45) is -5.54. The molecule has 0 fully saturated rings. The number of halogens is 5. The molecule has 0 bridgehead atoms. The van der Waals surface area contributed by atoms with Crippen molar-refractivity contribution in [2.24, 2.45) is 0 Å². The van der Waals surface area contributed by atoms with Crippen molar-refractivity contribution in [3.8, 4) is 0 Å². The topological polar surface area (TPSA) is 0 Å². The average Bonchev–Trinajstić information content (AvgIpc) is 2.03. The van der Waals surface area contributed by atoms with Crippen molar-refractivity contribution in [2.45, 2.75) is 37.8 Å². The zero-order chi connectivity index (χ0) is 9.99. The summed E-state index contributed by atoms with van der Waals surface area (Å²) in [6.45, 7) is 3.65. The second kappa shape index (κ2) is 3.58. The quantitative estimate of drug-likeness (QED) is 0.595. The van der Waals surface area contributed by atoms with E-state index in [0.29, 0.717) is 0 Å². The van der Waals surface area contributed by atoms with Crippen molar-refractivity contribution < 1.29 is 22.0 Å². The second-order valence-corrected chi connectivity index (χ2v) is 2.49. The monoisotopic (exact) mass is 189 g/mol. The van der Waals surface area contributed by atoms with E-state index in [1.165, 1.54) is 0 Å². The molecule has 0 aliphatic heterocycles. The zero-order valence-corrected chi connectivity index (χ0v) is 6.59. The third kappa shape index (κ3) is 2.32. The Labute approximate surface area is 67.8 Å². The molecule has 5 heteroatoms. The Balaban J connectivity index is 4.47. The van der Waals surface area contributed by atoms with E-state index >= 15 is 0 Å². The Kier molecular flexibility index (Phi) is 3.47. The molecule has 0 aliphatic carbocycles. The van der Waals surface area contributed by atoms with Crippen LogP contribution in [0.25, 0.3) is 0 Å². The molecule has 0 aromatic carbocycles. The molecular formula is C7H10F5. The normalized spacial score (nSPS) is 16.2. The van der Waals surface area contributed by atoms with Gasteiger partial charge in [0.05, 0.1) is 0 Å². The molecule has 0 saturated carbocycles. The van der Waals surface area contributed by atoms with Crippen LogP contribution in [0.4, 0.5) is 22.0 Å². The maximum absolute atomic E-state index is 12.4. The van der Waals surface area contributed by atoms with Gasteiger partial charge in [-0.25, -0.2) is 22.0 Å². The molecule has 0 aromatic rings. The van der Waals surface area contributed by atoms with Gasteiger partial charge in [0.2, 0.25) is 6.17 Å². The van der Waals surface area contributed by atoms with E-state index in [-0.39, 0.29) is 0 Å². The molecule has 0 amide bonds. The fourth-order valence-electron chi connectivity index (χ4n) is 0.615. The van der Waals surface area contributed by atoms with Gasteiger partial charge in [-0.15, -0.1) is 0 Å². The molecule has 1 radical (unpaired) electrons. The van der Waals surface area contributed by atoms with Crippen molar-refractivity contribution in [1.29, 1.82) is 0 Å². The minimum Gasteiger partial charge on any atom is -0.234 e. The van der Waals surface area contributed by atoms with Gasteiger partial charge < -0.3 is 0 Å². The first-order valence-corrected chi connectivity index (χ1v) is 3.47. The minimum absolute atomic E-state index is 0.941. The first-order valence-electron chi connectivity index (χ1n) is 3.47. The molecule has 0 unspecified atom stereocenters. The molecule has 0 rings (SSSR count). The Morgan fingerprint density at radius 1 is 1.17 bits per heavy atom. The van der Waals surface area contributed by atoms with Gasteiger partial charge in [-0.1, -0.05) is 6.92 Å². The molecule has 0 saturated heterocycles. The second-order valence-electron chi connectivity index (χ2n) is 2.49. The summed E-state index contributed by atoms with van der Waals surface area (Å²) in [5.74, 6) is -8.01. The highest BCUT2D eigenvalue weighted by atomic mass is 19.3. The Morgan fingerprint density at radius 2 is 1.58 bits per heavy atom. The van der Waals surface area contributed by atoms with E-state index in [1.807, 2.05) is 0 Å². The number of alkyl halides is 5. The van der Waals surface area contributed by atoms with Crippen molar-refractivity contribution in [1.82, 2.24) is 0 Å². The highest BCUT2D eigenvalue weighted by Gasteiger charge is 2.53. The van der Waals surface area contributed by atoms with Gasteiger partial charge in [-0.05, 0) is 6.92 Å². The van der Waals surface area contributed by atoms with Gasteiger partial charge in [0.15, 0.2) is 0 Å². The number of hydrogen-bond acceptors (Lipinski definition) is 0. The van der Waals surface area contributed by atoms with Crippen LogP contribution >= 0.6 is 0 Å². The fraction of sp³-hybridized carbons (Fsp3) is 0.857. The summed E-state index contributed by atoms with van der Waals surface area (Å²) in [5, 5.41) is 0. The highest BCUT2D eigenvalue weighted by molar-refractivity contribution is 4.88. The van der Waals surface area contributed by atoms with E-state index in [2.05, 4.69) is 6.92 Å².